The van der Waals surface area contributed by atoms with E-state index < -0.39 is 0 Å². The van der Waals surface area contributed by atoms with E-state index in [4.69, 9.17) is 10.5 Å². The van der Waals surface area contributed by atoms with Gasteiger partial charge in [-0.25, -0.2) is 0 Å². The maximum absolute atomic E-state index is 5.72. The maximum Gasteiger partial charge on any atom is 0.0596 e. The van der Waals surface area contributed by atoms with Gasteiger partial charge in [-0.3, -0.25) is 4.90 Å². The Morgan fingerprint density at radius 2 is 1.88 bits per heavy atom. The van der Waals surface area contributed by atoms with Crippen LogP contribution in [0.5, 0.6) is 0 Å². The van der Waals surface area contributed by atoms with Crippen molar-refractivity contribution >= 4 is 0 Å². The van der Waals surface area contributed by atoms with Crippen molar-refractivity contribution in [2.75, 3.05) is 20.2 Å². The lowest BCUT2D eigenvalue weighted by atomic mass is 10.1. The average molecular weight is 236 g/mol. The molecule has 0 fully saturated rings. The van der Waals surface area contributed by atoms with Crippen LogP contribution >= 0.6 is 0 Å². The van der Waals surface area contributed by atoms with E-state index in [1.165, 1.54) is 11.1 Å². The first-order chi connectivity index (χ1) is 8.13. The van der Waals surface area contributed by atoms with Gasteiger partial charge in [0, 0.05) is 19.6 Å². The Hall–Kier alpha value is -0.900. The molecule has 0 spiro atoms. The highest BCUT2D eigenvalue weighted by Crippen LogP contribution is 2.10. The Kier molecular flexibility index (Phi) is 6.19. The van der Waals surface area contributed by atoms with Crippen molar-refractivity contribution in [3.05, 3.63) is 35.4 Å². The van der Waals surface area contributed by atoms with Crippen LogP contribution in [0.15, 0.2) is 24.3 Å². The van der Waals surface area contributed by atoms with Crippen molar-refractivity contribution in [3.8, 4) is 0 Å². The van der Waals surface area contributed by atoms with E-state index in [0.29, 0.717) is 12.6 Å². The number of likely N-dealkylation sites (N-methyl/N-ethyl adjacent to an activating group) is 1. The molecule has 0 aromatic heterocycles. The molecule has 1 aromatic carbocycles. The fraction of sp³-hybridized carbons (Fsp3) is 0.571. The number of hydrogen-bond acceptors (Lipinski definition) is 3. The Labute approximate surface area is 105 Å². The van der Waals surface area contributed by atoms with E-state index in [9.17, 15) is 0 Å². The highest BCUT2D eigenvalue weighted by Gasteiger charge is 2.04. The number of benzene rings is 1. The van der Waals surface area contributed by atoms with Crippen LogP contribution in [0.25, 0.3) is 0 Å². The van der Waals surface area contributed by atoms with Crippen molar-refractivity contribution in [3.63, 3.8) is 0 Å². The fourth-order valence-electron chi connectivity index (χ4n) is 1.72. The predicted octanol–water partition coefficient (Wildman–Crippen LogP) is 2.00. The van der Waals surface area contributed by atoms with Gasteiger partial charge in [0.05, 0.1) is 12.7 Å². The number of ether oxygens (including phenoxy) is 1. The first-order valence-electron chi connectivity index (χ1n) is 6.20. The molecule has 3 nitrogen and oxygen atoms in total. The van der Waals surface area contributed by atoms with E-state index in [0.717, 1.165) is 19.7 Å². The number of rotatable bonds is 7. The van der Waals surface area contributed by atoms with Crippen LogP contribution in [0.3, 0.4) is 0 Å². The lowest BCUT2D eigenvalue weighted by molar-refractivity contribution is 0.0626. The topological polar surface area (TPSA) is 38.5 Å². The van der Waals surface area contributed by atoms with Crippen molar-refractivity contribution < 1.29 is 4.74 Å². The molecule has 0 amide bonds. The second kappa shape index (κ2) is 7.43. The lowest BCUT2D eigenvalue weighted by Crippen LogP contribution is -2.24. The zero-order valence-electron chi connectivity index (χ0n) is 11.1. The second-order valence-corrected chi connectivity index (χ2v) is 4.63. The van der Waals surface area contributed by atoms with E-state index in [1.807, 2.05) is 6.07 Å². The summed E-state index contributed by atoms with van der Waals surface area (Å²) in [5.41, 5.74) is 8.26. The third kappa shape index (κ3) is 5.31. The quantitative estimate of drug-likeness (QED) is 0.787. The molecule has 0 aliphatic carbocycles. The van der Waals surface area contributed by atoms with Gasteiger partial charge in [-0.1, -0.05) is 24.3 Å². The van der Waals surface area contributed by atoms with E-state index in [1.54, 1.807) is 0 Å². The molecule has 3 heteroatoms. The fourth-order valence-corrected chi connectivity index (χ4v) is 1.72. The molecular weight excluding hydrogens is 212 g/mol. The molecular formula is C14H24N2O. The van der Waals surface area contributed by atoms with E-state index in [2.05, 4.69) is 44.0 Å². The molecule has 0 saturated heterocycles. The zero-order chi connectivity index (χ0) is 12.7. The van der Waals surface area contributed by atoms with Gasteiger partial charge in [0.1, 0.15) is 0 Å². The van der Waals surface area contributed by atoms with Gasteiger partial charge in [-0.2, -0.15) is 0 Å². The van der Waals surface area contributed by atoms with Gasteiger partial charge < -0.3 is 10.5 Å². The molecule has 0 atom stereocenters. The Morgan fingerprint density at radius 3 is 2.47 bits per heavy atom. The average Bonchev–Trinajstić information content (AvgIpc) is 2.29. The van der Waals surface area contributed by atoms with Crippen molar-refractivity contribution in [1.82, 2.24) is 4.90 Å². The largest absolute Gasteiger partial charge is 0.377 e. The summed E-state index contributed by atoms with van der Waals surface area (Å²) in [4.78, 5) is 2.26. The first-order valence-corrected chi connectivity index (χ1v) is 6.20. The molecule has 0 unspecified atom stereocenters. The van der Waals surface area contributed by atoms with Gasteiger partial charge in [-0.15, -0.1) is 0 Å². The van der Waals surface area contributed by atoms with E-state index in [-0.39, 0.29) is 0 Å². The van der Waals surface area contributed by atoms with Gasteiger partial charge in [-0.05, 0) is 32.0 Å². The highest BCUT2D eigenvalue weighted by molar-refractivity contribution is 5.26. The molecule has 96 valence electrons. The number of nitrogens with two attached hydrogens (primary N) is 1. The summed E-state index contributed by atoms with van der Waals surface area (Å²) in [6.07, 6.45) is 0.305. The minimum absolute atomic E-state index is 0.305. The molecule has 17 heavy (non-hydrogen) atoms. The molecule has 1 aromatic rings. The van der Waals surface area contributed by atoms with Crippen molar-refractivity contribution in [1.29, 1.82) is 0 Å². The molecule has 2 N–H and O–H groups in total. The first kappa shape index (κ1) is 14.2. The van der Waals surface area contributed by atoms with E-state index >= 15 is 0 Å². The van der Waals surface area contributed by atoms with Gasteiger partial charge in [0.2, 0.25) is 0 Å². The number of hydrogen-bond donors (Lipinski definition) is 1. The summed E-state index contributed by atoms with van der Waals surface area (Å²) in [6, 6.07) is 8.33. The molecule has 0 saturated carbocycles. The van der Waals surface area contributed by atoms with Gasteiger partial charge in [0.15, 0.2) is 0 Å². The number of nitrogens with zero attached hydrogens (tertiary/aromatic N) is 1. The molecule has 0 heterocycles. The Bertz CT molecular complexity index is 326. The summed E-state index contributed by atoms with van der Waals surface area (Å²) < 4.78 is 5.54. The molecule has 1 rings (SSSR count). The second-order valence-electron chi connectivity index (χ2n) is 4.63. The minimum atomic E-state index is 0.305. The standard InChI is InChI=1S/C14H24N2O/c1-12(2)17-9-8-16(3)11-14-7-5-4-6-13(14)10-15/h4-7,12H,8-11,15H2,1-3H3. The van der Waals surface area contributed by atoms with Crippen molar-refractivity contribution in [2.45, 2.75) is 33.0 Å². The highest BCUT2D eigenvalue weighted by atomic mass is 16.5. The van der Waals surface area contributed by atoms with Gasteiger partial charge >= 0.3 is 0 Å². The summed E-state index contributed by atoms with van der Waals surface area (Å²) in [5, 5.41) is 0. The third-order valence-corrected chi connectivity index (χ3v) is 2.70. The van der Waals surface area contributed by atoms with Crippen LogP contribution in [-0.4, -0.2) is 31.2 Å². The summed E-state index contributed by atoms with van der Waals surface area (Å²) in [7, 11) is 2.11. The van der Waals surface area contributed by atoms with Crippen LogP contribution in [0.1, 0.15) is 25.0 Å². The maximum atomic E-state index is 5.72. The summed E-state index contributed by atoms with van der Waals surface area (Å²) >= 11 is 0. The molecule has 0 aliphatic heterocycles. The van der Waals surface area contributed by atoms with Crippen LogP contribution in [0, 0.1) is 0 Å². The summed E-state index contributed by atoms with van der Waals surface area (Å²) in [6.45, 7) is 7.37. The predicted molar refractivity (Wildman–Crippen MR) is 71.8 cm³/mol. The zero-order valence-corrected chi connectivity index (χ0v) is 11.1. The smallest absolute Gasteiger partial charge is 0.0596 e. The molecule has 0 radical (unpaired) electrons. The molecule has 0 aliphatic rings. The van der Waals surface area contributed by atoms with Crippen LogP contribution in [0.4, 0.5) is 0 Å². The summed E-state index contributed by atoms with van der Waals surface area (Å²) in [5.74, 6) is 0. The van der Waals surface area contributed by atoms with Crippen LogP contribution in [-0.2, 0) is 17.8 Å². The third-order valence-electron chi connectivity index (χ3n) is 2.70. The van der Waals surface area contributed by atoms with Gasteiger partial charge in [0.25, 0.3) is 0 Å². The normalized spacial score (nSPS) is 11.4. The lowest BCUT2D eigenvalue weighted by Gasteiger charge is -2.19. The minimum Gasteiger partial charge on any atom is -0.377 e. The van der Waals surface area contributed by atoms with Crippen LogP contribution in [0.2, 0.25) is 0 Å². The SMILES string of the molecule is CC(C)OCCN(C)Cc1ccccc1CN. The Balaban J connectivity index is 2.41. The van der Waals surface area contributed by atoms with Crippen LogP contribution < -0.4 is 5.73 Å². The monoisotopic (exact) mass is 236 g/mol. The molecule has 0 bridgehead atoms. The van der Waals surface area contributed by atoms with Crippen molar-refractivity contribution in [2.24, 2.45) is 5.73 Å². The Morgan fingerprint density at radius 1 is 1.24 bits per heavy atom.